The highest BCUT2D eigenvalue weighted by Crippen LogP contribution is 2.52. The molecule has 10 rings (SSSR count). The minimum Gasteiger partial charge on any atom is -0.192 e. The fourth-order valence-electron chi connectivity index (χ4n) is 8.53. The fourth-order valence-corrected chi connectivity index (χ4v) is 15.0. The lowest BCUT2D eigenvalue weighted by atomic mass is 9.85. The third-order valence-electron chi connectivity index (χ3n) is 11.4. The summed E-state index contributed by atoms with van der Waals surface area (Å²) in [5, 5.41) is 42.6. The van der Waals surface area contributed by atoms with E-state index in [4.69, 9.17) is 0 Å². The predicted octanol–water partition coefficient (Wildman–Crippen LogP) is 13.5. The molecule has 6 heterocycles. The van der Waals surface area contributed by atoms with Gasteiger partial charge in [-0.25, -0.2) is 0 Å². The zero-order valence-electron chi connectivity index (χ0n) is 34.8. The van der Waals surface area contributed by atoms with E-state index in [1.807, 2.05) is 71.2 Å². The molecule has 0 bridgehead atoms. The van der Waals surface area contributed by atoms with Crippen LogP contribution in [-0.2, 0) is 0 Å². The molecule has 64 heavy (non-hydrogen) atoms. The average Bonchev–Trinajstić information content (AvgIpc) is 4.15. The molecule has 10 aromatic rings. The first-order valence-electron chi connectivity index (χ1n) is 20.2. The molecule has 0 atom stereocenters. The maximum Gasteiger partial charge on any atom is 0.146 e. The maximum absolute atomic E-state index is 9.40. The van der Waals surface area contributed by atoms with E-state index in [0.717, 1.165) is 18.8 Å². The van der Waals surface area contributed by atoms with Crippen LogP contribution in [-0.4, -0.2) is 0 Å². The van der Waals surface area contributed by atoms with Crippen molar-refractivity contribution in [3.8, 4) is 66.0 Å². The first kappa shape index (κ1) is 41.3. The Morgan fingerprint density at radius 1 is 0.422 bits per heavy atom. The normalized spacial score (nSPS) is 11.9. The number of fused-ring (bicyclic) bond motifs is 5. The Bertz CT molecular complexity index is 3680. The van der Waals surface area contributed by atoms with Gasteiger partial charge in [0.15, 0.2) is 0 Å². The zero-order valence-corrected chi connectivity index (χ0v) is 39.7. The Morgan fingerprint density at radius 3 is 1.19 bits per heavy atom. The summed E-state index contributed by atoms with van der Waals surface area (Å²) in [6, 6.07) is 47.2. The molecule has 0 spiro atoms. The summed E-state index contributed by atoms with van der Waals surface area (Å²) in [5.74, 6) is 0. The molecule has 4 aromatic carbocycles. The van der Waals surface area contributed by atoms with Crippen molar-refractivity contribution in [2.24, 2.45) is 0 Å². The third-order valence-corrected chi connectivity index (χ3v) is 18.3. The first-order valence-corrected chi connectivity index (χ1v) is 25.1. The Morgan fingerprint density at radius 2 is 0.812 bits per heavy atom. The molecule has 0 unspecified atom stereocenters. The van der Waals surface area contributed by atoms with Crippen LogP contribution in [0.15, 0.2) is 109 Å². The van der Waals surface area contributed by atoms with Crippen LogP contribution < -0.4 is 18.1 Å². The van der Waals surface area contributed by atoms with Gasteiger partial charge in [-0.15, -0.1) is 68.0 Å². The lowest BCUT2D eigenvalue weighted by molar-refractivity contribution is 1.38. The minimum absolute atomic E-state index is 0.138. The smallest absolute Gasteiger partial charge is 0.146 e. The number of benzene rings is 4. The monoisotopic (exact) mass is 928 g/mol. The van der Waals surface area contributed by atoms with Gasteiger partial charge in [-0.1, -0.05) is 36.4 Å². The number of aryl methyl sites for hydroxylation is 4. The van der Waals surface area contributed by atoms with Crippen LogP contribution in [0.5, 0.6) is 0 Å². The first-order chi connectivity index (χ1) is 31.1. The van der Waals surface area contributed by atoms with Crippen LogP contribution in [0.3, 0.4) is 0 Å². The van der Waals surface area contributed by atoms with Gasteiger partial charge in [0.1, 0.15) is 35.4 Å². The van der Waals surface area contributed by atoms with Crippen molar-refractivity contribution in [3.63, 3.8) is 0 Å². The second-order valence-corrected chi connectivity index (χ2v) is 22.0. The van der Waals surface area contributed by atoms with Gasteiger partial charge in [-0.3, -0.25) is 0 Å². The number of hydrogen-bond acceptors (Lipinski definition) is 10. The van der Waals surface area contributed by atoms with Crippen molar-refractivity contribution >= 4 is 122 Å². The molecule has 0 aliphatic rings. The minimum atomic E-state index is 0.138. The standard InChI is InChI=1S/C54H32N4S6/c1-29-7-5-8-30(2)49(29)41-19-33-21-47(45-17-13-39(61-45)23-37-11-15-43(59-37)35(25-55)26-56)64-54(33)52-42(50-31(3)9-6-10-32(50)4)20-34-22-48(63-53(34)51(41)52)46-18-14-40(62-46)24-38-12-16-44(60-38)36(27-57)28-58/h5-24H,1-4H3/b37-23-,38-24-. The van der Waals surface area contributed by atoms with Crippen molar-refractivity contribution in [1.82, 2.24) is 0 Å². The summed E-state index contributed by atoms with van der Waals surface area (Å²) in [5.41, 5.74) is 10.3. The maximum atomic E-state index is 9.40. The van der Waals surface area contributed by atoms with E-state index >= 15 is 0 Å². The van der Waals surface area contributed by atoms with Gasteiger partial charge in [0, 0.05) is 58.5 Å². The molecule has 0 amide bonds. The fraction of sp³-hybridized carbons (Fsp3) is 0.0741. The molecule has 304 valence electrons. The molecule has 0 N–H and O–H groups in total. The van der Waals surface area contributed by atoms with Gasteiger partial charge < -0.3 is 0 Å². The largest absolute Gasteiger partial charge is 0.192 e. The number of thiophene rings is 6. The van der Waals surface area contributed by atoms with Gasteiger partial charge in [0.25, 0.3) is 0 Å². The Balaban J connectivity index is 1.22. The molecule has 6 aromatic heterocycles. The second kappa shape index (κ2) is 16.8. The van der Waals surface area contributed by atoms with E-state index < -0.39 is 0 Å². The van der Waals surface area contributed by atoms with Crippen LogP contribution >= 0.6 is 68.0 Å². The van der Waals surface area contributed by atoms with E-state index in [9.17, 15) is 21.0 Å². The molecule has 0 aliphatic heterocycles. The second-order valence-electron chi connectivity index (χ2n) is 15.5. The third kappa shape index (κ3) is 7.31. The summed E-state index contributed by atoms with van der Waals surface area (Å²) in [6.07, 6.45) is 4.27. The number of nitrogens with zero attached hydrogens (tertiary/aromatic N) is 4. The van der Waals surface area contributed by atoms with Crippen LogP contribution in [0.1, 0.15) is 32.0 Å². The van der Waals surface area contributed by atoms with Gasteiger partial charge in [-0.2, -0.15) is 21.0 Å². The van der Waals surface area contributed by atoms with Crippen molar-refractivity contribution < 1.29 is 0 Å². The quantitative estimate of drug-likeness (QED) is 0.166. The topological polar surface area (TPSA) is 95.2 Å². The predicted molar refractivity (Wildman–Crippen MR) is 275 cm³/mol. The van der Waals surface area contributed by atoms with Crippen LogP contribution in [0.25, 0.3) is 96.0 Å². The average molecular weight is 929 g/mol. The SMILES string of the molecule is Cc1cccc(C)c1-c1cc2cc(-c3ccc(/C=c4/ccc(=C(C#N)C#N)s4)s3)sc2c2c(-c3c(C)cccc3C)cc3cc(-c4ccc(/C=c5/ccc(=C(C#N)C#N)s5)s4)sc3c12. The van der Waals surface area contributed by atoms with E-state index in [2.05, 4.69) is 125 Å². The van der Waals surface area contributed by atoms with Crippen LogP contribution in [0, 0.1) is 73.0 Å². The highest BCUT2D eigenvalue weighted by molar-refractivity contribution is 7.28. The van der Waals surface area contributed by atoms with Gasteiger partial charge >= 0.3 is 0 Å². The van der Waals surface area contributed by atoms with Crippen molar-refractivity contribution in [1.29, 1.82) is 21.0 Å². The summed E-state index contributed by atoms with van der Waals surface area (Å²) in [7, 11) is 0. The molecule has 4 nitrogen and oxygen atoms in total. The number of rotatable bonds is 6. The van der Waals surface area contributed by atoms with E-state index in [0.29, 0.717) is 9.06 Å². The van der Waals surface area contributed by atoms with Gasteiger partial charge in [-0.05, 0) is 168 Å². The zero-order chi connectivity index (χ0) is 44.2. The van der Waals surface area contributed by atoms with E-state index in [1.54, 1.807) is 22.7 Å². The molecular weight excluding hydrogens is 897 g/mol. The van der Waals surface area contributed by atoms with Crippen molar-refractivity contribution in [2.75, 3.05) is 0 Å². The number of nitriles is 4. The van der Waals surface area contributed by atoms with Gasteiger partial charge in [0.05, 0.1) is 9.06 Å². The lowest BCUT2D eigenvalue weighted by Crippen LogP contribution is -1.96. The Labute approximate surface area is 393 Å². The molecule has 0 aliphatic carbocycles. The molecule has 0 radical (unpaired) electrons. The summed E-state index contributed by atoms with van der Waals surface area (Å²) >= 11 is 10.1. The van der Waals surface area contributed by atoms with E-state index in [1.165, 1.54) is 118 Å². The molecular formula is C54H32N4S6. The summed E-state index contributed by atoms with van der Waals surface area (Å²) in [4.78, 5) is 7.04. The molecule has 0 saturated carbocycles. The summed E-state index contributed by atoms with van der Waals surface area (Å²) < 4.78 is 5.91. The lowest BCUT2D eigenvalue weighted by Gasteiger charge is -2.19. The molecule has 0 saturated heterocycles. The Hall–Kier alpha value is -6.70. The Kier molecular flexibility index (Phi) is 10.8. The number of hydrogen-bond donors (Lipinski definition) is 0. The van der Waals surface area contributed by atoms with Crippen LogP contribution in [0.2, 0.25) is 0 Å². The van der Waals surface area contributed by atoms with Crippen LogP contribution in [0.4, 0.5) is 0 Å². The molecule has 10 heteroatoms. The van der Waals surface area contributed by atoms with Gasteiger partial charge in [0.2, 0.25) is 0 Å². The highest BCUT2D eigenvalue weighted by Gasteiger charge is 2.24. The van der Waals surface area contributed by atoms with Crippen molar-refractivity contribution in [3.05, 3.63) is 159 Å². The highest BCUT2D eigenvalue weighted by atomic mass is 32.1. The summed E-state index contributed by atoms with van der Waals surface area (Å²) in [6.45, 7) is 8.90. The van der Waals surface area contributed by atoms with Crippen molar-refractivity contribution in [2.45, 2.75) is 27.7 Å². The van der Waals surface area contributed by atoms with E-state index in [-0.39, 0.29) is 11.1 Å². The molecule has 0 fully saturated rings.